The fourth-order valence-corrected chi connectivity index (χ4v) is 3.76. The Labute approximate surface area is 183 Å². The van der Waals surface area contributed by atoms with Gasteiger partial charge in [0.25, 0.3) is 0 Å². The molecular weight excluding hydrogens is 413 g/mol. The van der Waals surface area contributed by atoms with Gasteiger partial charge in [-0.2, -0.15) is 0 Å². The van der Waals surface area contributed by atoms with E-state index in [0.717, 1.165) is 16.8 Å². The van der Waals surface area contributed by atoms with Crippen molar-refractivity contribution >= 4 is 17.7 Å². The van der Waals surface area contributed by atoms with Crippen molar-refractivity contribution in [2.24, 2.45) is 0 Å². The molecule has 0 unspecified atom stereocenters. The fraction of sp³-hybridized carbons (Fsp3) is 0.125. The number of benzene rings is 3. The third-order valence-corrected chi connectivity index (χ3v) is 5.50. The number of nitrogens with zero attached hydrogens (tertiary/aromatic N) is 3. The van der Waals surface area contributed by atoms with E-state index in [1.54, 1.807) is 22.8 Å². The Morgan fingerprint density at radius 3 is 2.42 bits per heavy atom. The average Bonchev–Trinajstić information content (AvgIpc) is 3.21. The third-order valence-electron chi connectivity index (χ3n) is 4.60. The second-order valence-electron chi connectivity index (χ2n) is 6.89. The van der Waals surface area contributed by atoms with Crippen molar-refractivity contribution in [3.63, 3.8) is 0 Å². The molecule has 4 aromatic rings. The molecule has 0 atom stereocenters. The molecule has 7 heteroatoms. The first-order valence-electron chi connectivity index (χ1n) is 9.71. The van der Waals surface area contributed by atoms with Gasteiger partial charge in [-0.25, -0.2) is 4.39 Å². The van der Waals surface area contributed by atoms with Gasteiger partial charge in [-0.05, 0) is 36.8 Å². The Balaban J connectivity index is 1.56. The molecule has 1 aromatic heterocycles. The summed E-state index contributed by atoms with van der Waals surface area (Å²) in [6.45, 7) is 2.21. The van der Waals surface area contributed by atoms with E-state index >= 15 is 0 Å². The number of halogens is 1. The van der Waals surface area contributed by atoms with Gasteiger partial charge in [0.1, 0.15) is 12.4 Å². The number of thioether (sulfide) groups is 1. The highest BCUT2D eigenvalue weighted by Gasteiger charge is 2.19. The summed E-state index contributed by atoms with van der Waals surface area (Å²) in [6.07, 6.45) is 0. The maximum absolute atomic E-state index is 14.5. The molecule has 0 bridgehead atoms. The van der Waals surface area contributed by atoms with Crippen LogP contribution in [0, 0.1) is 12.7 Å². The standard InChI is InChI=1S/C24H20FN3O2S/c1-17-11-13-19(14-12-17)28-23(20-9-5-6-10-21(20)25)26-27-24(28)31-16-22(29)30-15-18-7-3-2-4-8-18/h2-14H,15-16H2,1H3. The summed E-state index contributed by atoms with van der Waals surface area (Å²) in [7, 11) is 0. The second-order valence-corrected chi connectivity index (χ2v) is 7.83. The number of ether oxygens (including phenoxy) is 1. The van der Waals surface area contributed by atoms with Crippen molar-refractivity contribution in [2.45, 2.75) is 18.7 Å². The van der Waals surface area contributed by atoms with Crippen molar-refractivity contribution in [1.29, 1.82) is 0 Å². The van der Waals surface area contributed by atoms with Gasteiger partial charge in [0.05, 0.1) is 11.3 Å². The number of hydrogen-bond donors (Lipinski definition) is 0. The van der Waals surface area contributed by atoms with Crippen LogP contribution in [0.4, 0.5) is 4.39 Å². The first-order chi connectivity index (χ1) is 15.1. The molecule has 5 nitrogen and oxygen atoms in total. The molecule has 0 radical (unpaired) electrons. The van der Waals surface area contributed by atoms with E-state index in [2.05, 4.69) is 10.2 Å². The largest absolute Gasteiger partial charge is 0.460 e. The average molecular weight is 434 g/mol. The normalized spacial score (nSPS) is 10.8. The van der Waals surface area contributed by atoms with Gasteiger partial charge in [-0.15, -0.1) is 10.2 Å². The van der Waals surface area contributed by atoms with E-state index < -0.39 is 0 Å². The quantitative estimate of drug-likeness (QED) is 0.296. The van der Waals surface area contributed by atoms with Gasteiger partial charge < -0.3 is 4.74 Å². The molecule has 0 fully saturated rings. The molecule has 0 N–H and O–H groups in total. The van der Waals surface area contributed by atoms with Gasteiger partial charge in [0.2, 0.25) is 0 Å². The van der Waals surface area contributed by atoms with Crippen LogP contribution in [0.15, 0.2) is 84.0 Å². The van der Waals surface area contributed by atoms with Gasteiger partial charge in [-0.1, -0.05) is 71.9 Å². The summed E-state index contributed by atoms with van der Waals surface area (Å²) in [5.41, 5.74) is 3.15. The fourth-order valence-electron chi connectivity index (χ4n) is 3.01. The van der Waals surface area contributed by atoms with Crippen molar-refractivity contribution in [3.05, 3.63) is 95.8 Å². The van der Waals surface area contributed by atoms with Crippen molar-refractivity contribution < 1.29 is 13.9 Å². The number of hydrogen-bond acceptors (Lipinski definition) is 5. The van der Waals surface area contributed by atoms with Crippen LogP contribution < -0.4 is 0 Å². The van der Waals surface area contributed by atoms with E-state index in [9.17, 15) is 9.18 Å². The lowest BCUT2D eigenvalue weighted by molar-refractivity contribution is -0.141. The smallest absolute Gasteiger partial charge is 0.316 e. The number of esters is 1. The molecule has 0 amide bonds. The van der Waals surface area contributed by atoms with Crippen LogP contribution in [0.2, 0.25) is 0 Å². The van der Waals surface area contributed by atoms with Crippen LogP contribution in [0.3, 0.4) is 0 Å². The van der Waals surface area contributed by atoms with Crippen LogP contribution in [-0.2, 0) is 16.1 Å². The molecule has 0 spiro atoms. The predicted molar refractivity (Wildman–Crippen MR) is 118 cm³/mol. The highest BCUT2D eigenvalue weighted by Crippen LogP contribution is 2.29. The summed E-state index contributed by atoms with van der Waals surface area (Å²) in [5, 5.41) is 8.93. The van der Waals surface area contributed by atoms with Crippen molar-refractivity contribution in [3.8, 4) is 17.1 Å². The molecule has 156 valence electrons. The SMILES string of the molecule is Cc1ccc(-n2c(SCC(=O)OCc3ccccc3)nnc2-c2ccccc2F)cc1. The first kappa shape index (κ1) is 20.8. The monoisotopic (exact) mass is 433 g/mol. The number of carbonyl (C=O) groups excluding carboxylic acids is 1. The molecule has 4 rings (SSSR count). The summed E-state index contributed by atoms with van der Waals surface area (Å²) in [6, 6.07) is 23.7. The topological polar surface area (TPSA) is 57.0 Å². The predicted octanol–water partition coefficient (Wildman–Crippen LogP) is 5.22. The lowest BCUT2D eigenvalue weighted by Crippen LogP contribution is -2.08. The maximum Gasteiger partial charge on any atom is 0.316 e. The Bertz CT molecular complexity index is 1180. The van der Waals surface area contributed by atoms with Crippen LogP contribution in [-0.4, -0.2) is 26.5 Å². The summed E-state index contributed by atoms with van der Waals surface area (Å²) < 4.78 is 21.6. The molecule has 0 aliphatic carbocycles. The Hall–Kier alpha value is -3.45. The molecule has 31 heavy (non-hydrogen) atoms. The minimum atomic E-state index is -0.387. The van der Waals surface area contributed by atoms with Gasteiger partial charge >= 0.3 is 5.97 Å². The van der Waals surface area contributed by atoms with Crippen LogP contribution in [0.1, 0.15) is 11.1 Å². The highest BCUT2D eigenvalue weighted by atomic mass is 32.2. The van der Waals surface area contributed by atoms with Gasteiger partial charge in [0.15, 0.2) is 11.0 Å². The zero-order valence-corrected chi connectivity index (χ0v) is 17.7. The van der Waals surface area contributed by atoms with E-state index in [0.29, 0.717) is 16.5 Å². The third kappa shape index (κ3) is 5.00. The van der Waals surface area contributed by atoms with Crippen molar-refractivity contribution in [2.75, 3.05) is 5.75 Å². The first-order valence-corrected chi connectivity index (χ1v) is 10.7. The number of rotatable bonds is 7. The van der Waals surface area contributed by atoms with Crippen LogP contribution >= 0.6 is 11.8 Å². The maximum atomic E-state index is 14.5. The minimum absolute atomic E-state index is 0.0636. The van der Waals surface area contributed by atoms with E-state index in [1.807, 2.05) is 61.5 Å². The van der Waals surface area contributed by atoms with Gasteiger partial charge in [0, 0.05) is 5.69 Å². The summed E-state index contributed by atoms with van der Waals surface area (Å²) in [4.78, 5) is 12.3. The lowest BCUT2D eigenvalue weighted by Gasteiger charge is -2.11. The zero-order chi connectivity index (χ0) is 21.6. The Morgan fingerprint density at radius 1 is 0.968 bits per heavy atom. The second kappa shape index (κ2) is 9.57. The van der Waals surface area contributed by atoms with Gasteiger partial charge in [-0.3, -0.25) is 9.36 Å². The number of aryl methyl sites for hydroxylation is 1. The number of carbonyl (C=O) groups is 1. The minimum Gasteiger partial charge on any atom is -0.460 e. The molecule has 0 saturated carbocycles. The lowest BCUT2D eigenvalue weighted by atomic mass is 10.2. The van der Waals surface area contributed by atoms with Crippen LogP contribution in [0.5, 0.6) is 0 Å². The highest BCUT2D eigenvalue weighted by molar-refractivity contribution is 7.99. The van der Waals surface area contributed by atoms with Crippen molar-refractivity contribution in [1.82, 2.24) is 14.8 Å². The van der Waals surface area contributed by atoms with E-state index in [-0.39, 0.29) is 24.1 Å². The molecule has 0 aliphatic heterocycles. The van der Waals surface area contributed by atoms with Crippen LogP contribution in [0.25, 0.3) is 17.1 Å². The molecular formula is C24H20FN3O2S. The molecule has 0 saturated heterocycles. The molecule has 3 aromatic carbocycles. The molecule has 1 heterocycles. The van der Waals surface area contributed by atoms with E-state index in [1.165, 1.54) is 17.8 Å². The molecule has 0 aliphatic rings. The Kier molecular flexibility index (Phi) is 6.43. The summed E-state index contributed by atoms with van der Waals surface area (Å²) in [5.74, 6) is -0.308. The number of aromatic nitrogens is 3. The summed E-state index contributed by atoms with van der Waals surface area (Å²) >= 11 is 1.20. The zero-order valence-electron chi connectivity index (χ0n) is 16.9. The Morgan fingerprint density at radius 2 is 1.68 bits per heavy atom. The van der Waals surface area contributed by atoms with E-state index in [4.69, 9.17) is 4.74 Å².